The molecule has 0 heterocycles. The Labute approximate surface area is 83.6 Å². The lowest BCUT2D eigenvalue weighted by molar-refractivity contribution is -0.144. The molecule has 5 heteroatoms. The zero-order valence-corrected chi connectivity index (χ0v) is 8.78. The van der Waals surface area contributed by atoms with E-state index in [4.69, 9.17) is 5.11 Å². The van der Waals surface area contributed by atoms with Gasteiger partial charge in [0, 0.05) is 0 Å². The molecule has 0 aliphatic rings. The lowest BCUT2D eigenvalue weighted by Crippen LogP contribution is -2.25. The predicted molar refractivity (Wildman–Crippen MR) is 55.7 cm³/mol. The summed E-state index contributed by atoms with van der Waals surface area (Å²) in [5.74, 6) is -0.548. The first kappa shape index (κ1) is 14.4. The van der Waals surface area contributed by atoms with Gasteiger partial charge in [-0.25, -0.2) is 4.79 Å². The molecule has 0 aliphatic heterocycles. The van der Waals surface area contributed by atoms with E-state index in [-0.39, 0.29) is 13.2 Å². The highest BCUT2D eigenvalue weighted by Gasteiger charge is 2.25. The summed E-state index contributed by atoms with van der Waals surface area (Å²) in [6, 6.07) is 0. The molecule has 0 unspecified atom stereocenters. The second-order valence-electron chi connectivity index (χ2n) is 1.88. The van der Waals surface area contributed by atoms with Gasteiger partial charge in [-0.2, -0.15) is 25.3 Å². The minimum Gasteiger partial charge on any atom is -0.462 e. The van der Waals surface area contributed by atoms with E-state index < -0.39 is 10.0 Å². The summed E-state index contributed by atoms with van der Waals surface area (Å²) >= 11 is 7.66. The molecular weight excluding hydrogens is 196 g/mol. The monoisotopic (exact) mass is 210 g/mol. The van der Waals surface area contributed by atoms with Crippen LogP contribution in [0, 0.1) is 0 Å². The summed E-state index contributed by atoms with van der Waals surface area (Å²) in [6.07, 6.45) is 0. The van der Waals surface area contributed by atoms with E-state index >= 15 is 0 Å². The first-order valence-electron chi connectivity index (χ1n) is 3.21. The van der Waals surface area contributed by atoms with Crippen LogP contribution in [0.3, 0.4) is 0 Å². The molecule has 0 atom stereocenters. The fraction of sp³-hybridized carbons (Fsp3) is 0.571. The number of aliphatic hydroxyl groups excluding tert-OH is 1. The second-order valence-corrected chi connectivity index (χ2v) is 4.02. The van der Waals surface area contributed by atoms with E-state index in [9.17, 15) is 4.79 Å². The summed E-state index contributed by atoms with van der Waals surface area (Å²) in [7, 11) is 0. The molecule has 0 amide bonds. The topological polar surface area (TPSA) is 46.5 Å². The van der Waals surface area contributed by atoms with Crippen LogP contribution in [0.2, 0.25) is 0 Å². The first-order valence-corrected chi connectivity index (χ1v) is 4.10. The fourth-order valence-electron chi connectivity index (χ4n) is 0.275. The van der Waals surface area contributed by atoms with Crippen LogP contribution in [-0.4, -0.2) is 28.4 Å². The Bertz CT molecular complexity index is 131. The lowest BCUT2D eigenvalue weighted by Gasteiger charge is -2.13. The molecule has 1 N–H and O–H groups in total. The maximum atomic E-state index is 10.7. The smallest absolute Gasteiger partial charge is 0.331 e. The van der Waals surface area contributed by atoms with E-state index in [1.807, 2.05) is 0 Å². The van der Waals surface area contributed by atoms with Crippen LogP contribution in [0.5, 0.6) is 0 Å². The maximum absolute atomic E-state index is 10.7. The number of esters is 1. The van der Waals surface area contributed by atoms with Gasteiger partial charge in [-0.15, -0.1) is 13.2 Å². The average Bonchev–Trinajstić information content (AvgIpc) is 2.02. The van der Waals surface area contributed by atoms with Gasteiger partial charge in [-0.1, -0.05) is 0 Å². The van der Waals surface area contributed by atoms with Crippen molar-refractivity contribution in [2.24, 2.45) is 0 Å². The minimum absolute atomic E-state index is 0.00442. The van der Waals surface area contributed by atoms with Gasteiger partial charge in [-0.05, 0) is 6.92 Å². The molecular formula is C7H14O3S2. The van der Waals surface area contributed by atoms with Crippen LogP contribution in [0.25, 0.3) is 0 Å². The SMILES string of the molecule is C=C.CC(S)(S)C(=O)OCCO. The van der Waals surface area contributed by atoms with Gasteiger partial charge in [0.25, 0.3) is 0 Å². The van der Waals surface area contributed by atoms with Crippen LogP contribution < -0.4 is 0 Å². The number of aliphatic hydroxyl groups is 1. The van der Waals surface area contributed by atoms with E-state index in [2.05, 4.69) is 43.2 Å². The number of hydrogen-bond acceptors (Lipinski definition) is 5. The quantitative estimate of drug-likeness (QED) is 0.281. The molecule has 0 bridgehead atoms. The highest BCUT2D eigenvalue weighted by Crippen LogP contribution is 2.19. The Morgan fingerprint density at radius 1 is 1.58 bits per heavy atom. The molecule has 0 spiro atoms. The molecule has 0 saturated carbocycles. The largest absolute Gasteiger partial charge is 0.462 e. The third-order valence-corrected chi connectivity index (χ3v) is 1.08. The van der Waals surface area contributed by atoms with Crippen LogP contribution >= 0.6 is 25.3 Å². The standard InChI is InChI=1S/C5H10O3S2.C2H4/c1-5(9,10)4(7)8-3-2-6;1-2/h6,9-10H,2-3H2,1H3;1-2H2. The average molecular weight is 210 g/mol. The summed E-state index contributed by atoms with van der Waals surface area (Å²) in [5.41, 5.74) is 0. The van der Waals surface area contributed by atoms with E-state index in [1.54, 1.807) is 0 Å². The Hall–Kier alpha value is -0.130. The normalized spacial score (nSPS) is 9.67. The summed E-state index contributed by atoms with van der Waals surface area (Å²) < 4.78 is 3.44. The number of rotatable bonds is 3. The van der Waals surface area contributed by atoms with Crippen molar-refractivity contribution in [3.8, 4) is 0 Å². The Kier molecular flexibility index (Phi) is 9.02. The minimum atomic E-state index is -1.07. The molecule has 0 aromatic rings. The molecule has 12 heavy (non-hydrogen) atoms. The maximum Gasteiger partial charge on any atom is 0.331 e. The van der Waals surface area contributed by atoms with Crippen LogP contribution in [0.1, 0.15) is 6.92 Å². The van der Waals surface area contributed by atoms with Gasteiger partial charge in [0.05, 0.1) is 6.61 Å². The van der Waals surface area contributed by atoms with Crippen molar-refractivity contribution in [1.29, 1.82) is 0 Å². The van der Waals surface area contributed by atoms with Crippen LogP contribution in [0.15, 0.2) is 13.2 Å². The fourth-order valence-corrected chi connectivity index (χ4v) is 0.404. The van der Waals surface area contributed by atoms with Gasteiger partial charge in [0.2, 0.25) is 0 Å². The van der Waals surface area contributed by atoms with Crippen molar-refractivity contribution in [3.05, 3.63) is 13.2 Å². The molecule has 0 saturated heterocycles. The first-order chi connectivity index (χ1) is 5.48. The third-order valence-electron chi connectivity index (χ3n) is 0.711. The molecule has 0 fully saturated rings. The van der Waals surface area contributed by atoms with Gasteiger partial charge in [0.1, 0.15) is 6.61 Å². The summed E-state index contributed by atoms with van der Waals surface area (Å²) in [5, 5.41) is 8.25. The molecule has 0 radical (unpaired) electrons. The Morgan fingerprint density at radius 3 is 2.25 bits per heavy atom. The predicted octanol–water partition coefficient (Wildman–Crippen LogP) is 0.900. The third kappa shape index (κ3) is 7.97. The van der Waals surface area contributed by atoms with E-state index in [0.717, 1.165) is 0 Å². The zero-order chi connectivity index (χ0) is 10.2. The highest BCUT2D eigenvalue weighted by molar-refractivity contribution is 8.01. The van der Waals surface area contributed by atoms with Gasteiger partial charge in [0.15, 0.2) is 4.08 Å². The van der Waals surface area contributed by atoms with Crippen molar-refractivity contribution in [3.63, 3.8) is 0 Å². The molecule has 0 aromatic heterocycles. The van der Waals surface area contributed by atoms with Gasteiger partial charge >= 0.3 is 5.97 Å². The van der Waals surface area contributed by atoms with Gasteiger partial charge in [-0.3, -0.25) is 0 Å². The number of carbonyl (C=O) groups excluding carboxylic acids is 1. The van der Waals surface area contributed by atoms with Crippen LogP contribution in [-0.2, 0) is 9.53 Å². The van der Waals surface area contributed by atoms with Crippen molar-refractivity contribution in [2.75, 3.05) is 13.2 Å². The van der Waals surface area contributed by atoms with Crippen molar-refractivity contribution in [1.82, 2.24) is 0 Å². The molecule has 0 aliphatic carbocycles. The van der Waals surface area contributed by atoms with Crippen molar-refractivity contribution >= 4 is 31.2 Å². The van der Waals surface area contributed by atoms with Crippen molar-refractivity contribution in [2.45, 2.75) is 11.0 Å². The summed E-state index contributed by atoms with van der Waals surface area (Å²) in [4.78, 5) is 10.7. The Morgan fingerprint density at radius 2 is 2.00 bits per heavy atom. The number of hydrogen-bond donors (Lipinski definition) is 3. The zero-order valence-electron chi connectivity index (χ0n) is 6.99. The molecule has 3 nitrogen and oxygen atoms in total. The number of carbonyl (C=O) groups is 1. The van der Waals surface area contributed by atoms with Crippen molar-refractivity contribution < 1.29 is 14.6 Å². The van der Waals surface area contributed by atoms with E-state index in [0.29, 0.717) is 0 Å². The lowest BCUT2D eigenvalue weighted by atomic mass is 10.5. The molecule has 72 valence electrons. The highest BCUT2D eigenvalue weighted by atomic mass is 32.2. The summed E-state index contributed by atoms with van der Waals surface area (Å²) in [6.45, 7) is 7.32. The molecule has 0 aromatic carbocycles. The van der Waals surface area contributed by atoms with Crippen LogP contribution in [0.4, 0.5) is 0 Å². The number of ether oxygens (including phenoxy) is 1. The Balaban J connectivity index is 0. The molecule has 0 rings (SSSR count). The van der Waals surface area contributed by atoms with E-state index in [1.165, 1.54) is 6.92 Å². The van der Waals surface area contributed by atoms with Gasteiger partial charge < -0.3 is 9.84 Å². The second kappa shape index (κ2) is 7.52. The number of thiol groups is 2.